The molecule has 0 aliphatic rings. The van der Waals surface area contributed by atoms with Gasteiger partial charge < -0.3 is 10.8 Å². The molecule has 4 N–H and O–H groups in total. The van der Waals surface area contributed by atoms with Crippen molar-refractivity contribution in [2.75, 3.05) is 5.73 Å². The van der Waals surface area contributed by atoms with Crippen LogP contribution in [0.2, 0.25) is 0 Å². The SMILES string of the molecule is CC(C)CC(O)n1cc2c(N)nc3cc(-c4ccn[nH]4)ccc3c2n1. The van der Waals surface area contributed by atoms with Gasteiger partial charge in [0, 0.05) is 23.3 Å². The maximum atomic E-state index is 10.4. The third-order valence-electron chi connectivity index (χ3n) is 4.30. The number of nitrogen functional groups attached to an aromatic ring is 1. The zero-order valence-corrected chi connectivity index (χ0v) is 14.1. The van der Waals surface area contributed by atoms with Crippen molar-refractivity contribution in [3.8, 4) is 11.3 Å². The molecule has 0 saturated carbocycles. The molecule has 0 spiro atoms. The predicted molar refractivity (Wildman–Crippen MR) is 97.7 cm³/mol. The highest BCUT2D eigenvalue weighted by Gasteiger charge is 2.16. The number of aliphatic hydroxyl groups is 1. The lowest BCUT2D eigenvalue weighted by Crippen LogP contribution is -2.11. The summed E-state index contributed by atoms with van der Waals surface area (Å²) in [6.07, 6.45) is 3.43. The van der Waals surface area contributed by atoms with E-state index in [1.807, 2.05) is 24.3 Å². The summed E-state index contributed by atoms with van der Waals surface area (Å²) in [6, 6.07) is 7.84. The number of nitrogens with zero attached hydrogens (tertiary/aromatic N) is 4. The van der Waals surface area contributed by atoms with Crippen molar-refractivity contribution in [3.63, 3.8) is 0 Å². The molecular weight excluding hydrogens is 316 g/mol. The van der Waals surface area contributed by atoms with Crippen LogP contribution in [0.1, 0.15) is 26.5 Å². The molecule has 0 radical (unpaired) electrons. The minimum Gasteiger partial charge on any atom is -0.383 e. The summed E-state index contributed by atoms with van der Waals surface area (Å²) < 4.78 is 1.57. The van der Waals surface area contributed by atoms with E-state index in [4.69, 9.17) is 5.73 Å². The number of benzene rings is 1. The van der Waals surface area contributed by atoms with Gasteiger partial charge in [0.05, 0.1) is 16.6 Å². The highest BCUT2D eigenvalue weighted by molar-refractivity contribution is 6.08. The summed E-state index contributed by atoms with van der Waals surface area (Å²) >= 11 is 0. The number of pyridine rings is 1. The Morgan fingerprint density at radius 2 is 2.08 bits per heavy atom. The van der Waals surface area contributed by atoms with E-state index >= 15 is 0 Å². The minimum absolute atomic E-state index is 0.367. The van der Waals surface area contributed by atoms with Crippen molar-refractivity contribution in [1.29, 1.82) is 0 Å². The molecule has 4 rings (SSSR count). The smallest absolute Gasteiger partial charge is 0.147 e. The first-order valence-corrected chi connectivity index (χ1v) is 8.29. The summed E-state index contributed by atoms with van der Waals surface area (Å²) in [6.45, 7) is 4.13. The molecule has 1 atom stereocenters. The van der Waals surface area contributed by atoms with E-state index < -0.39 is 6.23 Å². The molecule has 3 aromatic heterocycles. The van der Waals surface area contributed by atoms with E-state index in [0.717, 1.165) is 33.1 Å². The van der Waals surface area contributed by atoms with Crippen LogP contribution in [0.25, 0.3) is 33.1 Å². The van der Waals surface area contributed by atoms with Gasteiger partial charge in [-0.15, -0.1) is 0 Å². The number of hydrogen-bond donors (Lipinski definition) is 3. The first-order chi connectivity index (χ1) is 12.0. The van der Waals surface area contributed by atoms with Gasteiger partial charge in [0.1, 0.15) is 17.6 Å². The molecule has 7 heteroatoms. The van der Waals surface area contributed by atoms with E-state index in [2.05, 4.69) is 34.1 Å². The van der Waals surface area contributed by atoms with Crippen molar-refractivity contribution >= 4 is 27.6 Å². The van der Waals surface area contributed by atoms with Crippen molar-refractivity contribution in [1.82, 2.24) is 25.0 Å². The van der Waals surface area contributed by atoms with E-state index in [1.54, 1.807) is 17.1 Å². The Bertz CT molecular complexity index is 1030. The number of aromatic nitrogens is 5. The van der Waals surface area contributed by atoms with Crippen LogP contribution in [0.3, 0.4) is 0 Å². The Morgan fingerprint density at radius 1 is 1.24 bits per heavy atom. The fourth-order valence-electron chi connectivity index (χ4n) is 3.06. The van der Waals surface area contributed by atoms with Gasteiger partial charge in [0.25, 0.3) is 0 Å². The lowest BCUT2D eigenvalue weighted by molar-refractivity contribution is 0.0694. The van der Waals surface area contributed by atoms with Crippen molar-refractivity contribution in [3.05, 3.63) is 36.7 Å². The zero-order valence-electron chi connectivity index (χ0n) is 14.1. The first-order valence-electron chi connectivity index (χ1n) is 8.29. The van der Waals surface area contributed by atoms with Crippen LogP contribution in [0, 0.1) is 5.92 Å². The van der Waals surface area contributed by atoms with Gasteiger partial charge >= 0.3 is 0 Å². The van der Waals surface area contributed by atoms with Gasteiger partial charge in [0.2, 0.25) is 0 Å². The molecule has 25 heavy (non-hydrogen) atoms. The normalized spacial score (nSPS) is 13.1. The fourth-order valence-corrected chi connectivity index (χ4v) is 3.06. The molecule has 0 aliphatic heterocycles. The third kappa shape index (κ3) is 2.72. The van der Waals surface area contributed by atoms with Crippen molar-refractivity contribution < 1.29 is 5.11 Å². The average Bonchev–Trinajstić information content (AvgIpc) is 3.24. The molecule has 0 fully saturated rings. The van der Waals surface area contributed by atoms with Crippen LogP contribution < -0.4 is 5.73 Å². The molecule has 3 heterocycles. The minimum atomic E-state index is -0.675. The van der Waals surface area contributed by atoms with Crippen LogP contribution in [0.15, 0.2) is 36.7 Å². The number of nitrogens with two attached hydrogens (primary N) is 1. The quantitative estimate of drug-likeness (QED) is 0.531. The number of H-pyrrole nitrogens is 1. The maximum absolute atomic E-state index is 10.4. The first kappa shape index (κ1) is 15.6. The molecule has 128 valence electrons. The van der Waals surface area contributed by atoms with E-state index in [0.29, 0.717) is 18.2 Å². The van der Waals surface area contributed by atoms with Crippen LogP contribution in [-0.4, -0.2) is 30.1 Å². The standard InChI is InChI=1S/C18H20N6O/c1-10(2)7-16(25)24-9-13-17(23-24)12-4-3-11(14-5-6-20-22-14)8-15(12)21-18(13)19/h3-6,8-10,16,25H,7H2,1-2H3,(H2,19,21)(H,20,22). The second-order valence-corrected chi connectivity index (χ2v) is 6.68. The van der Waals surface area contributed by atoms with Crippen LogP contribution >= 0.6 is 0 Å². The topological polar surface area (TPSA) is 106 Å². The third-order valence-corrected chi connectivity index (χ3v) is 4.30. The second kappa shape index (κ2) is 5.86. The predicted octanol–water partition coefficient (Wildman–Crippen LogP) is 3.09. The monoisotopic (exact) mass is 336 g/mol. The molecule has 1 aromatic carbocycles. The Labute approximate surface area is 144 Å². The Balaban J connectivity index is 1.86. The number of hydrogen-bond acceptors (Lipinski definition) is 5. The van der Waals surface area contributed by atoms with Crippen LogP contribution in [-0.2, 0) is 0 Å². The number of nitrogens with one attached hydrogen (secondary N) is 1. The Hall–Kier alpha value is -2.93. The number of anilines is 1. The Morgan fingerprint density at radius 3 is 2.80 bits per heavy atom. The second-order valence-electron chi connectivity index (χ2n) is 6.68. The summed E-state index contributed by atoms with van der Waals surface area (Å²) in [5.74, 6) is 0.777. The van der Waals surface area contributed by atoms with Gasteiger partial charge in [-0.25, -0.2) is 9.67 Å². The molecule has 0 saturated heterocycles. The number of aromatic amines is 1. The molecule has 1 unspecified atom stereocenters. The molecule has 7 nitrogen and oxygen atoms in total. The average molecular weight is 336 g/mol. The summed E-state index contributed by atoms with van der Waals surface area (Å²) in [5.41, 5.74) is 9.55. The van der Waals surface area contributed by atoms with Gasteiger partial charge in [0.15, 0.2) is 0 Å². The highest BCUT2D eigenvalue weighted by atomic mass is 16.3. The highest BCUT2D eigenvalue weighted by Crippen LogP contribution is 2.30. The van der Waals surface area contributed by atoms with Crippen molar-refractivity contribution in [2.45, 2.75) is 26.5 Å². The molecule has 0 aliphatic carbocycles. The number of rotatable bonds is 4. The lowest BCUT2D eigenvalue weighted by atomic mass is 10.1. The summed E-state index contributed by atoms with van der Waals surface area (Å²) in [5, 5.41) is 23.5. The van der Waals surface area contributed by atoms with Crippen LogP contribution in [0.4, 0.5) is 5.82 Å². The van der Waals surface area contributed by atoms with Gasteiger partial charge in [-0.05, 0) is 30.5 Å². The van der Waals surface area contributed by atoms with E-state index in [9.17, 15) is 5.11 Å². The van der Waals surface area contributed by atoms with Crippen molar-refractivity contribution in [2.24, 2.45) is 5.92 Å². The van der Waals surface area contributed by atoms with Crippen LogP contribution in [0.5, 0.6) is 0 Å². The maximum Gasteiger partial charge on any atom is 0.147 e. The number of aliphatic hydroxyl groups excluding tert-OH is 1. The largest absolute Gasteiger partial charge is 0.383 e. The Kier molecular flexibility index (Phi) is 3.65. The van der Waals surface area contributed by atoms with E-state index in [1.165, 1.54) is 0 Å². The summed E-state index contributed by atoms with van der Waals surface area (Å²) in [4.78, 5) is 4.52. The molecule has 0 amide bonds. The summed E-state index contributed by atoms with van der Waals surface area (Å²) in [7, 11) is 0. The number of fused-ring (bicyclic) bond motifs is 3. The molecule has 0 bridgehead atoms. The van der Waals surface area contributed by atoms with Gasteiger partial charge in [-0.1, -0.05) is 19.9 Å². The fraction of sp³-hybridized carbons (Fsp3) is 0.278. The molecular formula is C18H20N6O. The van der Waals surface area contributed by atoms with E-state index in [-0.39, 0.29) is 0 Å². The van der Waals surface area contributed by atoms with Gasteiger partial charge in [-0.2, -0.15) is 10.2 Å². The molecule has 4 aromatic rings. The zero-order chi connectivity index (χ0) is 17.6. The lowest BCUT2D eigenvalue weighted by Gasteiger charge is -2.12. The van der Waals surface area contributed by atoms with Gasteiger partial charge in [-0.3, -0.25) is 5.10 Å².